The fraction of sp³-hybridized carbons (Fsp3) is 0.286. The molecule has 16 heteroatoms. The summed E-state index contributed by atoms with van der Waals surface area (Å²) in [6.45, 7) is 2.08. The third-order valence-corrected chi connectivity index (χ3v) is 6.70. The lowest BCUT2D eigenvalue weighted by molar-refractivity contribution is -0.132. The molecule has 2 heterocycles. The summed E-state index contributed by atoms with van der Waals surface area (Å²) in [5, 5.41) is 2.08. The Morgan fingerprint density at radius 2 is 1.50 bits per heavy atom. The summed E-state index contributed by atoms with van der Waals surface area (Å²) in [7, 11) is 0. The largest absolute Gasteiger partial charge is 0.508 e. The molecule has 1 aliphatic heterocycles. The monoisotopic (exact) mass is 631 g/mol. The van der Waals surface area contributed by atoms with Crippen molar-refractivity contribution in [3.05, 3.63) is 82.2 Å². The quantitative estimate of drug-likeness (QED) is 0.252. The number of hydrogen-bond acceptors (Lipinski definition) is 13. The maximum absolute atomic E-state index is 14.7. The van der Waals surface area contributed by atoms with E-state index < -0.39 is 53.2 Å². The summed E-state index contributed by atoms with van der Waals surface area (Å²) in [6.07, 6.45) is -2.07. The Hall–Kier alpha value is -4.96. The Morgan fingerprint density at radius 3 is 2.07 bits per heavy atom. The van der Waals surface area contributed by atoms with E-state index in [1.807, 2.05) is 0 Å². The van der Waals surface area contributed by atoms with E-state index in [9.17, 15) is 28.4 Å². The van der Waals surface area contributed by atoms with Crippen LogP contribution >= 0.6 is 11.8 Å². The third kappa shape index (κ3) is 9.53. The summed E-state index contributed by atoms with van der Waals surface area (Å²) < 4.78 is 46.3. The van der Waals surface area contributed by atoms with Gasteiger partial charge in [0.25, 0.3) is 0 Å². The van der Waals surface area contributed by atoms with Gasteiger partial charge in [-0.3, -0.25) is 19.5 Å². The van der Waals surface area contributed by atoms with E-state index in [0.29, 0.717) is 22.6 Å². The van der Waals surface area contributed by atoms with Gasteiger partial charge >= 0.3 is 29.9 Å². The first-order valence-corrected chi connectivity index (χ1v) is 13.9. The summed E-state index contributed by atoms with van der Waals surface area (Å²) in [5.74, 6) is -1.67. The highest BCUT2D eigenvalue weighted by Gasteiger charge is 2.30. The van der Waals surface area contributed by atoms with Crippen LogP contribution in [0.4, 0.5) is 19.8 Å². The predicted octanol–water partition coefficient (Wildman–Crippen LogP) is 3.92. The van der Waals surface area contributed by atoms with Gasteiger partial charge in [-0.2, -0.15) is 4.98 Å². The molecule has 1 aromatic heterocycles. The Bertz CT molecular complexity index is 1560. The molecule has 0 saturated carbocycles. The lowest BCUT2D eigenvalue weighted by atomic mass is 10.2. The van der Waals surface area contributed by atoms with Gasteiger partial charge in [0.15, 0.2) is 11.6 Å². The minimum absolute atomic E-state index is 0.0838. The van der Waals surface area contributed by atoms with Gasteiger partial charge < -0.3 is 28.4 Å². The number of carbonyl (C=O) groups excluding carboxylic acids is 4. The van der Waals surface area contributed by atoms with Crippen LogP contribution in [0.15, 0.2) is 59.5 Å². The van der Waals surface area contributed by atoms with Crippen LogP contribution in [0.3, 0.4) is 0 Å². The first-order valence-electron chi connectivity index (χ1n) is 12.9. The number of ether oxygens (including phenoxy) is 6. The second-order valence-corrected chi connectivity index (χ2v) is 10.2. The Kier molecular flexibility index (Phi) is 10.9. The zero-order valence-electron chi connectivity index (χ0n) is 23.4. The number of anilines is 1. The van der Waals surface area contributed by atoms with Crippen molar-refractivity contribution in [3.8, 4) is 11.5 Å². The number of hydrogen-bond donors (Lipinski definition) is 1. The van der Waals surface area contributed by atoms with Gasteiger partial charge in [-0.15, -0.1) is 11.8 Å². The van der Waals surface area contributed by atoms with Crippen molar-refractivity contribution < 1.29 is 52.0 Å². The van der Waals surface area contributed by atoms with Crippen LogP contribution in [0, 0.1) is 5.82 Å². The van der Waals surface area contributed by atoms with Crippen LogP contribution in [-0.2, 0) is 41.8 Å². The van der Waals surface area contributed by atoms with E-state index in [-0.39, 0.29) is 25.6 Å². The lowest BCUT2D eigenvalue weighted by Crippen LogP contribution is -2.31. The number of esters is 2. The first kappa shape index (κ1) is 32.0. The van der Waals surface area contributed by atoms with Crippen LogP contribution in [0.5, 0.6) is 11.5 Å². The molecular weight excluding hydrogens is 605 g/mol. The van der Waals surface area contributed by atoms with Crippen molar-refractivity contribution in [2.24, 2.45) is 0 Å². The van der Waals surface area contributed by atoms with E-state index in [2.05, 4.69) is 10.3 Å². The highest BCUT2D eigenvalue weighted by Crippen LogP contribution is 2.31. The van der Waals surface area contributed by atoms with Crippen LogP contribution < -0.4 is 20.5 Å². The maximum atomic E-state index is 14.7. The highest BCUT2D eigenvalue weighted by atomic mass is 32.2. The number of benzene rings is 2. The Labute approximate surface area is 253 Å². The van der Waals surface area contributed by atoms with E-state index >= 15 is 0 Å². The molecule has 14 nitrogen and oxygen atoms in total. The number of thioether (sulfide) groups is 1. The van der Waals surface area contributed by atoms with Gasteiger partial charge in [0.05, 0.1) is 6.20 Å². The number of aromatic nitrogens is 2. The van der Waals surface area contributed by atoms with Crippen LogP contribution in [-0.4, -0.2) is 51.5 Å². The molecule has 0 spiro atoms. The second kappa shape index (κ2) is 15.0. The number of halogens is 1. The number of nitrogens with zero attached hydrogens (tertiary/aromatic N) is 2. The standard InChI is InChI=1S/C28H26FN3O11S/c1-16(33)41-20-7-3-18(4-8-20)12-38-27(36)31-25-22(29)11-32(26(35)30-25)23-15-44-24(43-23)14-40-28(37)39-13-19-5-9-21(10-6-19)42-17(2)34/h3-11,23-24H,12-15H2,1-2H3,(H,30,31,35,36)/t23-,24+/m0/s1. The van der Waals surface area contributed by atoms with Crippen molar-refractivity contribution in [2.75, 3.05) is 17.7 Å². The molecule has 1 amide bonds. The lowest BCUT2D eigenvalue weighted by Gasteiger charge is -2.15. The van der Waals surface area contributed by atoms with E-state index in [1.54, 1.807) is 36.4 Å². The second-order valence-electron chi connectivity index (χ2n) is 9.01. The van der Waals surface area contributed by atoms with Crippen molar-refractivity contribution in [1.82, 2.24) is 9.55 Å². The average molecular weight is 632 g/mol. The van der Waals surface area contributed by atoms with Crippen molar-refractivity contribution in [3.63, 3.8) is 0 Å². The average Bonchev–Trinajstić information content (AvgIpc) is 3.45. The predicted molar refractivity (Wildman–Crippen MR) is 150 cm³/mol. The normalized spacial score (nSPS) is 15.6. The molecule has 1 N–H and O–H groups in total. The summed E-state index contributed by atoms with van der Waals surface area (Å²) in [4.78, 5) is 62.2. The smallest absolute Gasteiger partial charge is 0.444 e. The van der Waals surface area contributed by atoms with Gasteiger partial charge in [-0.05, 0) is 35.4 Å². The molecule has 1 saturated heterocycles. The van der Waals surface area contributed by atoms with Gasteiger partial charge in [0.2, 0.25) is 0 Å². The molecular formula is C28H26FN3O11S. The Balaban J connectivity index is 1.21. The van der Waals surface area contributed by atoms with Crippen molar-refractivity contribution >= 4 is 41.8 Å². The molecule has 0 unspecified atom stereocenters. The molecule has 1 aliphatic rings. The zero-order valence-corrected chi connectivity index (χ0v) is 24.2. The summed E-state index contributed by atoms with van der Waals surface area (Å²) in [5.41, 5.74) is -0.359. The molecule has 0 bridgehead atoms. The summed E-state index contributed by atoms with van der Waals surface area (Å²) in [6, 6.07) is 12.5. The zero-order chi connectivity index (χ0) is 31.6. The molecule has 4 rings (SSSR count). The SMILES string of the molecule is CC(=O)Oc1ccc(COC(=O)Nc2nc(=O)n([C@@H]3CS[C@H](COC(=O)OCc4ccc(OC(C)=O)cc4)O3)cc2F)cc1. The molecule has 3 aromatic rings. The van der Waals surface area contributed by atoms with Crippen molar-refractivity contribution in [1.29, 1.82) is 0 Å². The molecule has 0 aliphatic carbocycles. The van der Waals surface area contributed by atoms with Gasteiger partial charge in [-0.25, -0.2) is 18.8 Å². The first-order chi connectivity index (χ1) is 21.0. The van der Waals surface area contributed by atoms with E-state index in [0.717, 1.165) is 10.8 Å². The van der Waals surface area contributed by atoms with Crippen LogP contribution in [0.25, 0.3) is 0 Å². The van der Waals surface area contributed by atoms with Crippen molar-refractivity contribution in [2.45, 2.75) is 38.7 Å². The molecule has 2 atom stereocenters. The number of nitrogens with one attached hydrogen (secondary N) is 1. The van der Waals surface area contributed by atoms with Gasteiger partial charge in [-0.1, -0.05) is 24.3 Å². The summed E-state index contributed by atoms with van der Waals surface area (Å²) >= 11 is 1.23. The topological polar surface area (TPSA) is 171 Å². The van der Waals surface area contributed by atoms with Crippen LogP contribution in [0.2, 0.25) is 0 Å². The molecule has 0 radical (unpaired) electrons. The number of amides is 1. The third-order valence-electron chi connectivity index (χ3n) is 5.61. The fourth-order valence-electron chi connectivity index (χ4n) is 3.66. The van der Waals surface area contributed by atoms with Gasteiger partial charge in [0, 0.05) is 19.6 Å². The van der Waals surface area contributed by atoms with Crippen LogP contribution in [0.1, 0.15) is 31.2 Å². The molecule has 232 valence electrons. The Morgan fingerprint density at radius 1 is 0.932 bits per heavy atom. The maximum Gasteiger partial charge on any atom is 0.508 e. The highest BCUT2D eigenvalue weighted by molar-refractivity contribution is 8.00. The van der Waals surface area contributed by atoms with E-state index in [1.165, 1.54) is 37.7 Å². The van der Waals surface area contributed by atoms with E-state index in [4.69, 9.17) is 28.4 Å². The molecule has 44 heavy (non-hydrogen) atoms. The molecule has 2 aromatic carbocycles. The molecule has 1 fully saturated rings. The minimum Gasteiger partial charge on any atom is -0.444 e. The fourth-order valence-corrected chi connectivity index (χ4v) is 4.65. The number of carbonyl (C=O) groups is 4. The van der Waals surface area contributed by atoms with Gasteiger partial charge in [0.1, 0.15) is 43.0 Å². The minimum atomic E-state index is -1.05. The number of rotatable bonds is 10.